The van der Waals surface area contributed by atoms with E-state index in [4.69, 9.17) is 23.2 Å². The van der Waals surface area contributed by atoms with Crippen LogP contribution in [0.4, 0.5) is 0 Å². The largest absolute Gasteiger partial charge is 0.341 e. The Bertz CT molecular complexity index is 437. The third-order valence-corrected chi connectivity index (χ3v) is 3.80. The molecule has 0 saturated carbocycles. The van der Waals surface area contributed by atoms with Gasteiger partial charge in [0.25, 0.3) is 0 Å². The number of rotatable bonds is 6. The lowest BCUT2D eigenvalue weighted by molar-refractivity contribution is -0.134. The number of amides is 1. The predicted octanol–water partition coefficient (Wildman–Crippen LogP) is 3.20. The van der Waals surface area contributed by atoms with Crippen LogP contribution in [0.15, 0.2) is 18.2 Å². The molecule has 0 bridgehead atoms. The second kappa shape index (κ2) is 7.73. The fourth-order valence-electron chi connectivity index (χ4n) is 1.83. The van der Waals surface area contributed by atoms with E-state index in [1.165, 1.54) is 0 Å². The molecule has 0 aliphatic heterocycles. The quantitative estimate of drug-likeness (QED) is 0.875. The Morgan fingerprint density at radius 1 is 1.42 bits per heavy atom. The molecule has 0 heterocycles. The van der Waals surface area contributed by atoms with Gasteiger partial charge in [-0.1, -0.05) is 49.2 Å². The van der Waals surface area contributed by atoms with Gasteiger partial charge in [-0.2, -0.15) is 0 Å². The second-order valence-electron chi connectivity index (χ2n) is 4.62. The van der Waals surface area contributed by atoms with Crippen molar-refractivity contribution in [2.24, 2.45) is 5.92 Å². The zero-order valence-corrected chi connectivity index (χ0v) is 13.1. The number of nitrogens with zero attached hydrogens (tertiary/aromatic N) is 1. The highest BCUT2D eigenvalue weighted by Crippen LogP contribution is 2.26. The number of carbonyl (C=O) groups excluding carboxylic acids is 1. The number of halogens is 2. The van der Waals surface area contributed by atoms with E-state index < -0.39 is 0 Å². The van der Waals surface area contributed by atoms with Crippen molar-refractivity contribution in [1.82, 2.24) is 10.2 Å². The van der Waals surface area contributed by atoms with E-state index >= 15 is 0 Å². The minimum atomic E-state index is -0.0529. The summed E-state index contributed by atoms with van der Waals surface area (Å²) >= 11 is 12.1. The maximum Gasteiger partial charge on any atom is 0.226 e. The van der Waals surface area contributed by atoms with Crippen molar-refractivity contribution in [3.8, 4) is 0 Å². The lowest BCUT2D eigenvalue weighted by Crippen LogP contribution is -2.36. The van der Waals surface area contributed by atoms with Gasteiger partial charge in [0.15, 0.2) is 0 Å². The van der Waals surface area contributed by atoms with Gasteiger partial charge in [0.05, 0.1) is 10.0 Å². The van der Waals surface area contributed by atoms with E-state index in [-0.39, 0.29) is 11.8 Å². The van der Waals surface area contributed by atoms with Gasteiger partial charge in [0.2, 0.25) is 5.91 Å². The van der Waals surface area contributed by atoms with Crippen molar-refractivity contribution in [3.63, 3.8) is 0 Å². The number of hydrogen-bond acceptors (Lipinski definition) is 2. The molecule has 1 aromatic carbocycles. The Kier molecular flexibility index (Phi) is 6.63. The van der Waals surface area contributed by atoms with E-state index in [9.17, 15) is 4.79 Å². The SMILES string of the molecule is CCNCC(C)C(=O)N(C)Cc1cccc(Cl)c1Cl. The molecule has 106 valence electrons. The molecule has 1 rings (SSSR count). The molecule has 5 heteroatoms. The number of hydrogen-bond donors (Lipinski definition) is 1. The zero-order valence-electron chi connectivity index (χ0n) is 11.5. The lowest BCUT2D eigenvalue weighted by Gasteiger charge is -2.22. The van der Waals surface area contributed by atoms with Gasteiger partial charge >= 0.3 is 0 Å². The summed E-state index contributed by atoms with van der Waals surface area (Å²) in [5.74, 6) is 0.0416. The molecular formula is C14H20Cl2N2O. The van der Waals surface area contributed by atoms with E-state index in [1.54, 1.807) is 18.0 Å². The molecule has 0 fully saturated rings. The maximum atomic E-state index is 12.2. The van der Waals surface area contributed by atoms with Crippen molar-refractivity contribution in [1.29, 1.82) is 0 Å². The van der Waals surface area contributed by atoms with Gasteiger partial charge in [-0.15, -0.1) is 0 Å². The number of carbonyl (C=O) groups is 1. The van der Waals surface area contributed by atoms with Crippen molar-refractivity contribution in [2.75, 3.05) is 20.1 Å². The molecule has 0 aliphatic carbocycles. The second-order valence-corrected chi connectivity index (χ2v) is 5.40. The van der Waals surface area contributed by atoms with Crippen LogP contribution in [0, 0.1) is 5.92 Å². The molecular weight excluding hydrogens is 283 g/mol. The van der Waals surface area contributed by atoms with Gasteiger partial charge in [-0.05, 0) is 18.2 Å². The third-order valence-electron chi connectivity index (χ3n) is 2.94. The number of benzene rings is 1. The summed E-state index contributed by atoms with van der Waals surface area (Å²) < 4.78 is 0. The first-order valence-corrected chi connectivity index (χ1v) is 7.11. The van der Waals surface area contributed by atoms with Crippen molar-refractivity contribution in [3.05, 3.63) is 33.8 Å². The van der Waals surface area contributed by atoms with E-state index in [0.717, 1.165) is 12.1 Å². The van der Waals surface area contributed by atoms with Gasteiger partial charge in [0.1, 0.15) is 0 Å². The van der Waals surface area contributed by atoms with E-state index in [1.807, 2.05) is 26.0 Å². The summed E-state index contributed by atoms with van der Waals surface area (Å²) in [6.45, 7) is 5.95. The fourth-order valence-corrected chi connectivity index (χ4v) is 2.21. The molecule has 1 atom stereocenters. The van der Waals surface area contributed by atoms with Gasteiger partial charge in [-0.3, -0.25) is 4.79 Å². The average Bonchev–Trinajstić information content (AvgIpc) is 2.40. The summed E-state index contributed by atoms with van der Waals surface area (Å²) in [5.41, 5.74) is 0.862. The standard InChI is InChI=1S/C14H20Cl2N2O/c1-4-17-8-10(2)14(19)18(3)9-11-6-5-7-12(15)13(11)16/h5-7,10,17H,4,8-9H2,1-3H3. The molecule has 1 aromatic rings. The van der Waals surface area contributed by atoms with Crippen LogP contribution in [-0.4, -0.2) is 30.9 Å². The van der Waals surface area contributed by atoms with Crippen LogP contribution in [0.2, 0.25) is 10.0 Å². The molecule has 0 spiro atoms. The van der Waals surface area contributed by atoms with Crippen LogP contribution in [0.3, 0.4) is 0 Å². The smallest absolute Gasteiger partial charge is 0.226 e. The third kappa shape index (κ3) is 4.68. The summed E-state index contributed by atoms with van der Waals surface area (Å²) in [4.78, 5) is 13.8. The maximum absolute atomic E-state index is 12.2. The summed E-state index contributed by atoms with van der Waals surface area (Å²) in [6.07, 6.45) is 0. The average molecular weight is 303 g/mol. The number of nitrogens with one attached hydrogen (secondary N) is 1. The Hall–Kier alpha value is -0.770. The molecule has 1 amide bonds. The van der Waals surface area contributed by atoms with Crippen LogP contribution in [0.1, 0.15) is 19.4 Å². The van der Waals surface area contributed by atoms with Crippen LogP contribution in [0.25, 0.3) is 0 Å². The Morgan fingerprint density at radius 3 is 2.74 bits per heavy atom. The normalized spacial score (nSPS) is 12.3. The van der Waals surface area contributed by atoms with Crippen LogP contribution < -0.4 is 5.32 Å². The molecule has 3 nitrogen and oxygen atoms in total. The lowest BCUT2D eigenvalue weighted by atomic mass is 10.1. The summed E-state index contributed by atoms with van der Waals surface area (Å²) in [7, 11) is 1.78. The minimum Gasteiger partial charge on any atom is -0.341 e. The van der Waals surface area contributed by atoms with Crippen molar-refractivity contribution >= 4 is 29.1 Å². The molecule has 1 N–H and O–H groups in total. The highest BCUT2D eigenvalue weighted by molar-refractivity contribution is 6.42. The van der Waals surface area contributed by atoms with Crippen LogP contribution >= 0.6 is 23.2 Å². The fraction of sp³-hybridized carbons (Fsp3) is 0.500. The topological polar surface area (TPSA) is 32.3 Å². The van der Waals surface area contributed by atoms with Gasteiger partial charge in [0, 0.05) is 26.1 Å². The van der Waals surface area contributed by atoms with Crippen LogP contribution in [-0.2, 0) is 11.3 Å². The predicted molar refractivity (Wildman–Crippen MR) is 80.6 cm³/mol. The first-order chi connectivity index (χ1) is 8.97. The Morgan fingerprint density at radius 2 is 2.11 bits per heavy atom. The van der Waals surface area contributed by atoms with Crippen LogP contribution in [0.5, 0.6) is 0 Å². The van der Waals surface area contributed by atoms with E-state index in [0.29, 0.717) is 23.1 Å². The van der Waals surface area contributed by atoms with Crippen molar-refractivity contribution < 1.29 is 4.79 Å². The molecule has 1 unspecified atom stereocenters. The minimum absolute atomic E-state index is 0.0529. The van der Waals surface area contributed by atoms with Crippen molar-refractivity contribution in [2.45, 2.75) is 20.4 Å². The first kappa shape index (κ1) is 16.3. The first-order valence-electron chi connectivity index (χ1n) is 6.36. The van der Waals surface area contributed by atoms with E-state index in [2.05, 4.69) is 5.32 Å². The summed E-state index contributed by atoms with van der Waals surface area (Å²) in [5, 5.41) is 4.20. The molecule has 0 saturated heterocycles. The highest BCUT2D eigenvalue weighted by Gasteiger charge is 2.18. The highest BCUT2D eigenvalue weighted by atomic mass is 35.5. The zero-order chi connectivity index (χ0) is 14.4. The molecule has 0 aliphatic rings. The van der Waals surface area contributed by atoms with Gasteiger partial charge in [-0.25, -0.2) is 0 Å². The molecule has 19 heavy (non-hydrogen) atoms. The summed E-state index contributed by atoms with van der Waals surface area (Å²) in [6, 6.07) is 5.46. The Balaban J connectivity index is 2.66. The van der Waals surface area contributed by atoms with Gasteiger partial charge < -0.3 is 10.2 Å². The monoisotopic (exact) mass is 302 g/mol. The Labute approximate surface area is 124 Å². The molecule has 0 radical (unpaired) electrons. The molecule has 0 aromatic heterocycles.